The van der Waals surface area contributed by atoms with Crippen molar-refractivity contribution in [3.05, 3.63) is 34.4 Å². The first-order valence-electron chi connectivity index (χ1n) is 9.44. The molecule has 1 atom stereocenters. The largest absolute Gasteiger partial charge is 0.457 e. The Hall–Kier alpha value is -2.17. The number of likely N-dealkylation sites (tertiary alicyclic amines) is 1. The molecule has 0 spiro atoms. The Morgan fingerprint density at radius 3 is 2.42 bits per heavy atom. The first-order valence-corrected chi connectivity index (χ1v) is 9.44. The normalized spacial score (nSPS) is 20.7. The van der Waals surface area contributed by atoms with Gasteiger partial charge in [0.25, 0.3) is 0 Å². The van der Waals surface area contributed by atoms with E-state index in [1.165, 1.54) is 0 Å². The monoisotopic (exact) mass is 357 g/mol. The molecule has 1 aliphatic heterocycles. The molecule has 0 N–H and O–H groups in total. The number of ketones is 1. The molecular formula is C21H27NO4. The van der Waals surface area contributed by atoms with Crippen LogP contribution in [0.4, 0.5) is 0 Å². The molecule has 26 heavy (non-hydrogen) atoms. The average molecular weight is 357 g/mol. The Kier molecular flexibility index (Phi) is 5.44. The summed E-state index contributed by atoms with van der Waals surface area (Å²) in [5.74, 6) is -1.04. The predicted molar refractivity (Wildman–Crippen MR) is 98.0 cm³/mol. The van der Waals surface area contributed by atoms with Gasteiger partial charge in [-0.1, -0.05) is 18.9 Å². The highest BCUT2D eigenvalue weighted by atomic mass is 16.5. The van der Waals surface area contributed by atoms with Crippen molar-refractivity contribution in [2.75, 3.05) is 13.2 Å². The van der Waals surface area contributed by atoms with Gasteiger partial charge in [-0.15, -0.1) is 0 Å². The molecule has 1 saturated carbocycles. The minimum atomic E-state index is -0.447. The lowest BCUT2D eigenvalue weighted by molar-refractivity contribution is -0.147. The summed E-state index contributed by atoms with van der Waals surface area (Å²) in [6.45, 7) is 6.01. The molecule has 0 radical (unpaired) electrons. The Labute approximate surface area is 154 Å². The molecule has 2 aliphatic rings. The molecule has 1 aromatic rings. The van der Waals surface area contributed by atoms with E-state index >= 15 is 0 Å². The molecular weight excluding hydrogens is 330 g/mol. The molecule has 0 unspecified atom stereocenters. The Morgan fingerprint density at radius 2 is 1.73 bits per heavy atom. The summed E-state index contributed by atoms with van der Waals surface area (Å²) in [5.41, 5.74) is 3.65. The number of benzene rings is 1. The summed E-state index contributed by atoms with van der Waals surface area (Å²) in [6, 6.07) is 4.10. The molecule has 0 bridgehead atoms. The van der Waals surface area contributed by atoms with Gasteiger partial charge in [-0.3, -0.25) is 14.4 Å². The lowest BCUT2D eigenvalue weighted by Crippen LogP contribution is -2.35. The number of aryl methyl sites for hydroxylation is 3. The van der Waals surface area contributed by atoms with Crippen molar-refractivity contribution in [1.82, 2.24) is 4.90 Å². The lowest BCUT2D eigenvalue weighted by Gasteiger charge is -2.23. The van der Waals surface area contributed by atoms with Crippen LogP contribution in [0.25, 0.3) is 0 Å². The second-order valence-electron chi connectivity index (χ2n) is 7.67. The Morgan fingerprint density at radius 1 is 1.08 bits per heavy atom. The number of hydrogen-bond acceptors (Lipinski definition) is 4. The molecule has 0 aromatic heterocycles. The molecule has 3 rings (SSSR count). The van der Waals surface area contributed by atoms with E-state index in [9.17, 15) is 14.4 Å². The Balaban J connectivity index is 1.56. The van der Waals surface area contributed by atoms with Crippen LogP contribution in [0.15, 0.2) is 12.1 Å². The molecule has 1 heterocycles. The molecule has 5 nitrogen and oxygen atoms in total. The molecule has 1 aromatic carbocycles. The summed E-state index contributed by atoms with van der Waals surface area (Å²) < 4.78 is 5.26. The summed E-state index contributed by atoms with van der Waals surface area (Å²) >= 11 is 0. The topological polar surface area (TPSA) is 63.7 Å². The third-order valence-electron chi connectivity index (χ3n) is 5.74. The maximum absolute atomic E-state index is 12.4. The van der Waals surface area contributed by atoms with Crippen LogP contribution in [0.2, 0.25) is 0 Å². The van der Waals surface area contributed by atoms with Gasteiger partial charge in [-0.2, -0.15) is 0 Å². The van der Waals surface area contributed by atoms with E-state index in [0.29, 0.717) is 12.1 Å². The van der Waals surface area contributed by atoms with Gasteiger partial charge in [0.05, 0.1) is 5.92 Å². The molecule has 1 amide bonds. The highest BCUT2D eigenvalue weighted by Gasteiger charge is 2.39. The molecule has 5 heteroatoms. The van der Waals surface area contributed by atoms with Gasteiger partial charge in [0.1, 0.15) is 0 Å². The maximum Gasteiger partial charge on any atom is 0.311 e. The van der Waals surface area contributed by atoms with E-state index in [0.717, 1.165) is 42.4 Å². The minimum Gasteiger partial charge on any atom is -0.457 e. The number of amides is 1. The number of hydrogen-bond donors (Lipinski definition) is 0. The summed E-state index contributed by atoms with van der Waals surface area (Å²) in [7, 11) is 0. The number of carbonyl (C=O) groups is 3. The summed E-state index contributed by atoms with van der Waals surface area (Å²) in [5, 5.41) is 0. The van der Waals surface area contributed by atoms with Gasteiger partial charge >= 0.3 is 5.97 Å². The van der Waals surface area contributed by atoms with Crippen molar-refractivity contribution >= 4 is 17.7 Å². The van der Waals surface area contributed by atoms with Crippen molar-refractivity contribution in [3.8, 4) is 0 Å². The molecule has 1 aliphatic carbocycles. The van der Waals surface area contributed by atoms with Crippen molar-refractivity contribution in [1.29, 1.82) is 0 Å². The van der Waals surface area contributed by atoms with E-state index < -0.39 is 11.9 Å². The number of esters is 1. The molecule has 140 valence electrons. The van der Waals surface area contributed by atoms with Crippen LogP contribution in [0, 0.1) is 26.7 Å². The van der Waals surface area contributed by atoms with Crippen LogP contribution in [-0.2, 0) is 14.3 Å². The highest BCUT2D eigenvalue weighted by molar-refractivity contribution is 5.99. The second-order valence-corrected chi connectivity index (χ2v) is 7.67. The van der Waals surface area contributed by atoms with Gasteiger partial charge in [-0.05, 0) is 56.4 Å². The zero-order valence-electron chi connectivity index (χ0n) is 15.8. The van der Waals surface area contributed by atoms with Crippen LogP contribution in [0.1, 0.15) is 59.2 Å². The number of Topliss-reactive ketones (excluding diaryl/α,β-unsaturated/α-hetero) is 1. The smallest absolute Gasteiger partial charge is 0.311 e. The fourth-order valence-corrected chi connectivity index (χ4v) is 4.05. The maximum atomic E-state index is 12.4. The SMILES string of the molecule is Cc1cc(C)c(C(=O)COC(=O)[C@H]2CC(=O)N(C3CCCC3)C2)cc1C. The van der Waals surface area contributed by atoms with Gasteiger partial charge in [0.15, 0.2) is 6.61 Å². The zero-order chi connectivity index (χ0) is 18.8. The molecule has 1 saturated heterocycles. The quantitative estimate of drug-likeness (QED) is 0.600. The number of carbonyl (C=O) groups excluding carboxylic acids is 3. The summed E-state index contributed by atoms with van der Waals surface area (Å²) in [4.78, 5) is 38.8. The van der Waals surface area contributed by atoms with Crippen molar-refractivity contribution < 1.29 is 19.1 Å². The van der Waals surface area contributed by atoms with Crippen molar-refractivity contribution in [2.45, 2.75) is 58.9 Å². The van der Waals surface area contributed by atoms with E-state index in [1.54, 1.807) is 0 Å². The Bertz CT molecular complexity index is 734. The summed E-state index contributed by atoms with van der Waals surface area (Å²) in [6.07, 6.45) is 4.54. The van der Waals surface area contributed by atoms with Crippen molar-refractivity contribution in [3.63, 3.8) is 0 Å². The van der Waals surface area contributed by atoms with Crippen LogP contribution >= 0.6 is 0 Å². The first kappa shape index (κ1) is 18.6. The fraction of sp³-hybridized carbons (Fsp3) is 0.571. The fourth-order valence-electron chi connectivity index (χ4n) is 4.05. The molecule has 2 fully saturated rings. The van der Waals surface area contributed by atoms with Gasteiger partial charge in [0, 0.05) is 24.6 Å². The van der Waals surface area contributed by atoms with E-state index in [2.05, 4.69) is 0 Å². The first-order chi connectivity index (χ1) is 12.4. The van der Waals surface area contributed by atoms with E-state index in [4.69, 9.17) is 4.74 Å². The van der Waals surface area contributed by atoms with Crippen LogP contribution in [-0.4, -0.2) is 41.8 Å². The average Bonchev–Trinajstić information content (AvgIpc) is 3.25. The predicted octanol–water partition coefficient (Wildman–Crippen LogP) is 3.13. The van der Waals surface area contributed by atoms with Crippen molar-refractivity contribution in [2.24, 2.45) is 5.92 Å². The van der Waals surface area contributed by atoms with E-state index in [-0.39, 0.29) is 30.8 Å². The highest BCUT2D eigenvalue weighted by Crippen LogP contribution is 2.30. The number of rotatable bonds is 5. The second kappa shape index (κ2) is 7.60. The lowest BCUT2D eigenvalue weighted by atomic mass is 9.98. The number of ether oxygens (including phenoxy) is 1. The van der Waals surface area contributed by atoms with Crippen LogP contribution in [0.3, 0.4) is 0 Å². The zero-order valence-corrected chi connectivity index (χ0v) is 15.8. The minimum absolute atomic E-state index is 0.0372. The van der Waals surface area contributed by atoms with Crippen LogP contribution < -0.4 is 0 Å². The standard InChI is InChI=1S/C21H27NO4/c1-13-8-15(3)18(9-14(13)2)19(23)12-26-21(25)16-10-20(24)22(11-16)17-6-4-5-7-17/h8-9,16-17H,4-7,10-12H2,1-3H3/t16-/m0/s1. The van der Waals surface area contributed by atoms with Crippen LogP contribution in [0.5, 0.6) is 0 Å². The third kappa shape index (κ3) is 3.81. The van der Waals surface area contributed by atoms with Gasteiger partial charge in [-0.25, -0.2) is 0 Å². The number of nitrogens with zero attached hydrogens (tertiary/aromatic N) is 1. The van der Waals surface area contributed by atoms with E-state index in [1.807, 2.05) is 37.8 Å². The van der Waals surface area contributed by atoms with Gasteiger partial charge in [0.2, 0.25) is 11.7 Å². The third-order valence-corrected chi connectivity index (χ3v) is 5.74. The van der Waals surface area contributed by atoms with Gasteiger partial charge < -0.3 is 9.64 Å².